The number of rotatable bonds is 2. The second-order valence-electron chi connectivity index (χ2n) is 13.4. The monoisotopic (exact) mass is 469 g/mol. The van der Waals surface area contributed by atoms with Crippen LogP contribution in [0.1, 0.15) is 69.2 Å². The van der Waals surface area contributed by atoms with Crippen molar-refractivity contribution in [1.29, 1.82) is 0 Å². The molecule has 4 rings (SSSR count). The van der Waals surface area contributed by atoms with Gasteiger partial charge in [0.1, 0.15) is 0 Å². The molecule has 1 saturated heterocycles. The molecule has 2 N–H and O–H groups in total. The third-order valence-electron chi connectivity index (χ3n) is 11.0. The zero-order chi connectivity index (χ0) is 23.4. The smallest absolute Gasteiger partial charge is 0.221 e. The summed E-state index contributed by atoms with van der Waals surface area (Å²) >= 11 is 0. The first-order valence-corrected chi connectivity index (χ1v) is 23.1. The number of carbonyl (C=O) groups is 1. The molecule has 2 fully saturated rings. The number of primary amides is 1. The normalized spacial score (nSPS) is 32.5. The van der Waals surface area contributed by atoms with E-state index in [-0.39, 0.29) is 21.4 Å². The van der Waals surface area contributed by atoms with E-state index in [2.05, 4.69) is 85.2 Å². The Morgan fingerprint density at radius 1 is 1.00 bits per heavy atom. The molecular weight excluding hydrogens is 427 g/mol. The average Bonchev–Trinajstić information content (AvgIpc) is 3.22. The largest absolute Gasteiger partial charge is 0.369 e. The van der Waals surface area contributed by atoms with E-state index in [1.54, 1.807) is 5.56 Å². The quantitative estimate of drug-likeness (QED) is 0.498. The first-order chi connectivity index (χ1) is 14.0. The summed E-state index contributed by atoms with van der Waals surface area (Å²) in [5, 5.41) is -0.284. The summed E-state index contributed by atoms with van der Waals surface area (Å²) in [6.07, 6.45) is 6.79. The van der Waals surface area contributed by atoms with Gasteiger partial charge in [-0.3, -0.25) is 4.79 Å². The molecule has 0 spiro atoms. The zero-order valence-electron chi connectivity index (χ0n) is 21.5. The Morgan fingerprint density at radius 2 is 1.61 bits per heavy atom. The molecule has 2 aliphatic carbocycles. The minimum Gasteiger partial charge on any atom is -0.369 e. The molecular formula is C26H43NOSi3. The number of allylic oxidation sites excluding steroid dienone is 1. The number of hydrogen-bond acceptors (Lipinski definition) is 1. The van der Waals surface area contributed by atoms with Gasteiger partial charge in [-0.2, -0.15) is 0 Å². The number of hydrogen-bond donors (Lipinski definition) is 1. The van der Waals surface area contributed by atoms with Crippen LogP contribution in [0, 0.1) is 0 Å². The molecule has 2 atom stereocenters. The number of fused-ring (bicyclic) bond motifs is 2. The maximum Gasteiger partial charge on any atom is 0.221 e. The minimum absolute atomic E-state index is 0.00107. The molecule has 3 aliphatic rings. The fourth-order valence-electron chi connectivity index (χ4n) is 8.36. The van der Waals surface area contributed by atoms with Crippen molar-refractivity contribution in [2.75, 3.05) is 0 Å². The fourth-order valence-corrected chi connectivity index (χ4v) is 52.2. The number of amides is 1. The number of carbonyl (C=O) groups excluding carboxylic acids is 1. The van der Waals surface area contributed by atoms with Crippen LogP contribution in [-0.4, -0.2) is 28.2 Å². The molecule has 0 bridgehead atoms. The standard InChI is InChI=1S/C26H43NOSi3/c1-18-14-19-16-20(24(2,3)4)17-22(21(19)15-18)25-12-11-13-26(25,23(27)28)30(7,8)31(9,10)29(25,5)6/h14,16-17H,11-13,15H2,1-10H3,(H2,27,28). The SMILES string of the molecule is CC1=Cc2cc(C(C)(C)C)cc(C34CCCC3(C(N)=O)[Si](C)(C)[Si](C)(C)[Si]4(C)C)c2C1. The maximum absolute atomic E-state index is 13.7. The predicted molar refractivity (Wildman–Crippen MR) is 142 cm³/mol. The van der Waals surface area contributed by atoms with Gasteiger partial charge >= 0.3 is 0 Å². The minimum atomic E-state index is -1.91. The third kappa shape index (κ3) is 2.41. The van der Waals surface area contributed by atoms with Crippen LogP contribution in [0.2, 0.25) is 44.3 Å². The van der Waals surface area contributed by atoms with Crippen LogP contribution in [0.3, 0.4) is 0 Å². The van der Waals surface area contributed by atoms with Gasteiger partial charge in [-0.15, -0.1) is 0 Å². The summed E-state index contributed by atoms with van der Waals surface area (Å²) in [4.78, 5) is 13.7. The Hall–Kier alpha value is -0.919. The van der Waals surface area contributed by atoms with Gasteiger partial charge in [-0.05, 0) is 58.9 Å². The van der Waals surface area contributed by atoms with E-state index in [4.69, 9.17) is 5.73 Å². The van der Waals surface area contributed by atoms with Gasteiger partial charge in [0.05, 0.1) is 15.2 Å². The zero-order valence-corrected chi connectivity index (χ0v) is 24.5. The summed E-state index contributed by atoms with van der Waals surface area (Å²) in [5.74, 6) is 0.0397. The molecule has 2 nitrogen and oxygen atoms in total. The highest BCUT2D eigenvalue weighted by Gasteiger charge is 2.84. The molecule has 1 saturated carbocycles. The third-order valence-corrected chi connectivity index (χ3v) is 56.2. The number of nitrogens with two attached hydrogens (primary N) is 1. The lowest BCUT2D eigenvalue weighted by Crippen LogP contribution is -2.68. The van der Waals surface area contributed by atoms with E-state index in [0.29, 0.717) is 0 Å². The van der Waals surface area contributed by atoms with Crippen molar-refractivity contribution in [2.24, 2.45) is 5.73 Å². The molecule has 0 radical (unpaired) electrons. The van der Waals surface area contributed by atoms with Crippen molar-refractivity contribution >= 4 is 34.3 Å². The molecule has 1 aromatic rings. The van der Waals surface area contributed by atoms with Gasteiger partial charge in [0, 0.05) is 12.1 Å². The average molecular weight is 470 g/mol. The highest BCUT2D eigenvalue weighted by Crippen LogP contribution is 2.76. The number of benzene rings is 1. The van der Waals surface area contributed by atoms with Gasteiger partial charge in [0.25, 0.3) is 0 Å². The van der Waals surface area contributed by atoms with Crippen molar-refractivity contribution in [3.05, 3.63) is 40.0 Å². The molecule has 170 valence electrons. The lowest BCUT2D eigenvalue weighted by molar-refractivity contribution is -0.121. The second-order valence-corrected chi connectivity index (χ2v) is 41.4. The lowest BCUT2D eigenvalue weighted by atomic mass is 9.77. The topological polar surface area (TPSA) is 43.1 Å². The van der Waals surface area contributed by atoms with Crippen LogP contribution >= 0.6 is 0 Å². The van der Waals surface area contributed by atoms with Crippen LogP contribution in [0.5, 0.6) is 0 Å². The highest BCUT2D eigenvalue weighted by molar-refractivity contribution is 7.72. The molecule has 1 aliphatic heterocycles. The van der Waals surface area contributed by atoms with Gasteiger partial charge < -0.3 is 5.73 Å². The first kappa shape index (κ1) is 23.2. The first-order valence-electron chi connectivity index (χ1n) is 12.1. The van der Waals surface area contributed by atoms with Gasteiger partial charge in [-0.25, -0.2) is 0 Å². The van der Waals surface area contributed by atoms with Crippen molar-refractivity contribution in [3.63, 3.8) is 0 Å². The van der Waals surface area contributed by atoms with Gasteiger partial charge in [-0.1, -0.05) is 90.3 Å². The Kier molecular flexibility index (Phi) is 4.76. The van der Waals surface area contributed by atoms with Crippen molar-refractivity contribution in [2.45, 2.75) is 108 Å². The second kappa shape index (κ2) is 6.35. The summed E-state index contributed by atoms with van der Waals surface area (Å²) in [6, 6.07) is 4.99. The summed E-state index contributed by atoms with van der Waals surface area (Å²) in [7, 11) is -5.37. The van der Waals surface area contributed by atoms with Crippen molar-refractivity contribution in [3.8, 4) is 0 Å². The van der Waals surface area contributed by atoms with Crippen molar-refractivity contribution in [1.82, 2.24) is 0 Å². The summed E-state index contributed by atoms with van der Waals surface area (Å²) < 4.78 is 0. The fraction of sp³-hybridized carbons (Fsp3) is 0.654. The van der Waals surface area contributed by atoms with Gasteiger partial charge in [0.15, 0.2) is 0 Å². The van der Waals surface area contributed by atoms with Crippen LogP contribution in [0.4, 0.5) is 0 Å². The Balaban J connectivity index is 2.17. The maximum atomic E-state index is 13.7. The Bertz CT molecular complexity index is 1010. The molecule has 31 heavy (non-hydrogen) atoms. The van der Waals surface area contributed by atoms with E-state index in [1.807, 2.05) is 0 Å². The lowest BCUT2D eigenvalue weighted by Gasteiger charge is -2.51. The highest BCUT2D eigenvalue weighted by atomic mass is 29.6. The van der Waals surface area contributed by atoms with E-state index < -0.39 is 22.3 Å². The van der Waals surface area contributed by atoms with E-state index >= 15 is 0 Å². The predicted octanol–water partition coefficient (Wildman–Crippen LogP) is 6.43. The molecule has 0 aromatic heterocycles. The van der Waals surface area contributed by atoms with Crippen LogP contribution in [-0.2, 0) is 21.7 Å². The van der Waals surface area contributed by atoms with Gasteiger partial charge in [0.2, 0.25) is 5.91 Å². The van der Waals surface area contributed by atoms with Crippen LogP contribution in [0.15, 0.2) is 17.7 Å². The molecule has 1 amide bonds. The molecule has 5 heteroatoms. The Morgan fingerprint density at radius 3 is 2.16 bits per heavy atom. The molecule has 2 unspecified atom stereocenters. The van der Waals surface area contributed by atoms with E-state index in [1.165, 1.54) is 28.7 Å². The molecule has 1 heterocycles. The molecule has 1 aromatic carbocycles. The van der Waals surface area contributed by atoms with Crippen LogP contribution in [0.25, 0.3) is 6.08 Å². The van der Waals surface area contributed by atoms with E-state index in [0.717, 1.165) is 19.3 Å². The van der Waals surface area contributed by atoms with Crippen LogP contribution < -0.4 is 5.73 Å². The Labute approximate surface area is 192 Å². The summed E-state index contributed by atoms with van der Waals surface area (Å²) in [6.45, 7) is 25.0. The summed E-state index contributed by atoms with van der Waals surface area (Å²) in [5.41, 5.74) is 14.0. The van der Waals surface area contributed by atoms with Crippen molar-refractivity contribution < 1.29 is 4.79 Å². The van der Waals surface area contributed by atoms with E-state index in [9.17, 15) is 4.79 Å².